The molecule has 0 atom stereocenters. The minimum absolute atomic E-state index is 0.00706. The molecule has 0 aliphatic rings. The smallest absolute Gasteiger partial charge is 0.337 e. The van der Waals surface area contributed by atoms with Crippen LogP contribution in [0.4, 0.5) is 0 Å². The molecule has 31 heavy (non-hydrogen) atoms. The van der Waals surface area contributed by atoms with Gasteiger partial charge in [0.15, 0.2) is 0 Å². The molecule has 162 valence electrons. The number of pyridine rings is 1. The van der Waals surface area contributed by atoms with Crippen molar-refractivity contribution in [2.24, 2.45) is 0 Å². The third-order valence-electron chi connectivity index (χ3n) is 4.38. The van der Waals surface area contributed by atoms with E-state index in [0.717, 1.165) is 26.4 Å². The number of ether oxygens (including phenoxy) is 2. The van der Waals surface area contributed by atoms with Crippen LogP contribution in [0.15, 0.2) is 70.4 Å². The first-order valence-electron chi connectivity index (χ1n) is 9.08. The van der Waals surface area contributed by atoms with Crippen LogP contribution in [0.5, 0.6) is 0 Å². The van der Waals surface area contributed by atoms with E-state index in [2.05, 4.69) is 4.98 Å². The summed E-state index contributed by atoms with van der Waals surface area (Å²) in [5, 5.41) is 0. The van der Waals surface area contributed by atoms with Crippen LogP contribution in [0.3, 0.4) is 0 Å². The normalized spacial score (nSPS) is 11.3. The number of rotatable bonds is 8. The molecule has 0 unspecified atom stereocenters. The molecule has 0 aliphatic heterocycles. The first-order chi connectivity index (χ1) is 14.8. The monoisotopic (exact) mass is 444 g/mol. The van der Waals surface area contributed by atoms with Gasteiger partial charge >= 0.3 is 11.9 Å². The van der Waals surface area contributed by atoms with Crippen molar-refractivity contribution in [3.05, 3.63) is 83.6 Å². The van der Waals surface area contributed by atoms with Crippen molar-refractivity contribution in [1.29, 1.82) is 0 Å². The van der Waals surface area contributed by atoms with E-state index in [1.165, 1.54) is 16.6 Å². The number of carbonyl (C=O) groups is 2. The molecular weight excluding hydrogens is 424 g/mol. The summed E-state index contributed by atoms with van der Waals surface area (Å²) in [4.78, 5) is 27.9. The Bertz CT molecular complexity index is 1130. The van der Waals surface area contributed by atoms with Gasteiger partial charge in [-0.2, -0.15) is 4.31 Å². The van der Waals surface area contributed by atoms with E-state index in [4.69, 9.17) is 13.9 Å². The van der Waals surface area contributed by atoms with Gasteiger partial charge in [0.1, 0.15) is 5.76 Å². The second kappa shape index (κ2) is 9.54. The Hall–Kier alpha value is -3.50. The van der Waals surface area contributed by atoms with Crippen LogP contribution in [0, 0.1) is 0 Å². The quantitative estimate of drug-likeness (QED) is 0.487. The average molecular weight is 444 g/mol. The number of aromatic nitrogens is 1. The lowest BCUT2D eigenvalue weighted by Crippen LogP contribution is -2.30. The van der Waals surface area contributed by atoms with E-state index in [1.54, 1.807) is 36.7 Å². The Morgan fingerprint density at radius 1 is 1.00 bits per heavy atom. The highest BCUT2D eigenvalue weighted by molar-refractivity contribution is 7.89. The number of sulfonamides is 1. The molecule has 3 aromatic rings. The molecule has 0 fully saturated rings. The highest BCUT2D eigenvalue weighted by Crippen LogP contribution is 2.24. The minimum atomic E-state index is -4.17. The third kappa shape index (κ3) is 5.16. The van der Waals surface area contributed by atoms with Gasteiger partial charge in [-0.1, -0.05) is 6.07 Å². The number of hydrogen-bond acceptors (Lipinski definition) is 8. The van der Waals surface area contributed by atoms with Crippen molar-refractivity contribution in [2.75, 3.05) is 14.2 Å². The van der Waals surface area contributed by atoms with Crippen molar-refractivity contribution >= 4 is 22.0 Å². The summed E-state index contributed by atoms with van der Waals surface area (Å²) >= 11 is 0. The van der Waals surface area contributed by atoms with Gasteiger partial charge in [-0.25, -0.2) is 18.0 Å². The average Bonchev–Trinajstić information content (AvgIpc) is 3.31. The Morgan fingerprint density at radius 2 is 1.68 bits per heavy atom. The Morgan fingerprint density at radius 3 is 2.19 bits per heavy atom. The van der Waals surface area contributed by atoms with Gasteiger partial charge in [0, 0.05) is 18.9 Å². The molecule has 0 saturated carbocycles. The fraction of sp³-hybridized carbons (Fsp3) is 0.190. The zero-order valence-electron chi connectivity index (χ0n) is 16.8. The first kappa shape index (κ1) is 22.2. The summed E-state index contributed by atoms with van der Waals surface area (Å²) in [5.74, 6) is -1.15. The second-order valence-corrected chi connectivity index (χ2v) is 8.38. The van der Waals surface area contributed by atoms with Crippen molar-refractivity contribution in [3.63, 3.8) is 0 Å². The van der Waals surface area contributed by atoms with Gasteiger partial charge in [-0.05, 0) is 42.0 Å². The predicted octanol–water partition coefficient (Wildman–Crippen LogP) is 2.64. The molecule has 0 N–H and O–H groups in total. The first-order valence-corrected chi connectivity index (χ1v) is 10.5. The number of methoxy groups -OCH3 is 2. The van der Waals surface area contributed by atoms with Crippen LogP contribution in [-0.2, 0) is 32.6 Å². The fourth-order valence-corrected chi connectivity index (χ4v) is 4.33. The number of nitrogens with zero attached hydrogens (tertiary/aromatic N) is 2. The molecule has 10 heteroatoms. The van der Waals surface area contributed by atoms with E-state index in [9.17, 15) is 18.0 Å². The Labute approximate surface area is 179 Å². The number of benzene rings is 1. The highest BCUT2D eigenvalue weighted by Gasteiger charge is 2.28. The van der Waals surface area contributed by atoms with Crippen LogP contribution < -0.4 is 0 Å². The van der Waals surface area contributed by atoms with E-state index in [1.807, 2.05) is 0 Å². The predicted molar refractivity (Wildman–Crippen MR) is 108 cm³/mol. The summed E-state index contributed by atoms with van der Waals surface area (Å²) in [6, 6.07) is 10.3. The lowest BCUT2D eigenvalue weighted by molar-refractivity contribution is 0.0598. The van der Waals surface area contributed by atoms with E-state index in [-0.39, 0.29) is 29.1 Å². The summed E-state index contributed by atoms with van der Waals surface area (Å²) in [7, 11) is -1.85. The standard InChI is InChI=1S/C21H20N2O7S/c1-28-20(24)16-9-17(21(25)29-2)11-19(10-16)31(26,27)23(14-18-6-4-8-30-18)13-15-5-3-7-22-12-15/h3-12H,13-14H2,1-2H3. The Kier molecular flexibility index (Phi) is 6.83. The topological polar surface area (TPSA) is 116 Å². The van der Waals surface area contributed by atoms with Crippen LogP contribution in [0.25, 0.3) is 0 Å². The molecule has 0 spiro atoms. The molecule has 2 aromatic heterocycles. The molecule has 3 rings (SSSR count). The number of esters is 2. The maximum absolute atomic E-state index is 13.5. The maximum Gasteiger partial charge on any atom is 0.337 e. The molecule has 0 amide bonds. The van der Waals surface area contributed by atoms with E-state index >= 15 is 0 Å². The van der Waals surface area contributed by atoms with Crippen molar-refractivity contribution in [1.82, 2.24) is 9.29 Å². The number of hydrogen-bond donors (Lipinski definition) is 0. The largest absolute Gasteiger partial charge is 0.468 e. The summed E-state index contributed by atoms with van der Waals surface area (Å²) in [6.07, 6.45) is 4.57. The van der Waals surface area contributed by atoms with Gasteiger partial charge < -0.3 is 13.9 Å². The lowest BCUT2D eigenvalue weighted by atomic mass is 10.1. The maximum atomic E-state index is 13.5. The van der Waals surface area contributed by atoms with Crippen molar-refractivity contribution in [3.8, 4) is 0 Å². The van der Waals surface area contributed by atoms with Crippen molar-refractivity contribution < 1.29 is 31.9 Å². The molecule has 0 saturated heterocycles. The second-order valence-electron chi connectivity index (χ2n) is 6.44. The fourth-order valence-electron chi connectivity index (χ4n) is 2.87. The molecule has 0 radical (unpaired) electrons. The Balaban J connectivity index is 2.09. The van der Waals surface area contributed by atoms with Crippen molar-refractivity contribution in [2.45, 2.75) is 18.0 Å². The third-order valence-corrected chi connectivity index (χ3v) is 6.15. The van der Waals surface area contributed by atoms with E-state index in [0.29, 0.717) is 11.3 Å². The highest BCUT2D eigenvalue weighted by atomic mass is 32.2. The van der Waals surface area contributed by atoms with Gasteiger partial charge in [0.2, 0.25) is 10.0 Å². The molecule has 9 nitrogen and oxygen atoms in total. The van der Waals surface area contributed by atoms with Gasteiger partial charge in [0.05, 0.1) is 43.0 Å². The van der Waals surface area contributed by atoms with Crippen LogP contribution in [-0.4, -0.2) is 43.9 Å². The summed E-state index contributed by atoms with van der Waals surface area (Å²) in [5.41, 5.74) is 0.460. The van der Waals surface area contributed by atoms with Gasteiger partial charge in [-0.3, -0.25) is 4.98 Å². The van der Waals surface area contributed by atoms with Crippen LogP contribution in [0.1, 0.15) is 32.0 Å². The minimum Gasteiger partial charge on any atom is -0.468 e. The number of furan rings is 1. The molecule has 0 aliphatic carbocycles. The van der Waals surface area contributed by atoms with Gasteiger partial charge in [0.25, 0.3) is 0 Å². The van der Waals surface area contributed by atoms with Crippen LogP contribution in [0.2, 0.25) is 0 Å². The molecule has 1 aromatic carbocycles. The lowest BCUT2D eigenvalue weighted by Gasteiger charge is -2.22. The van der Waals surface area contributed by atoms with Crippen LogP contribution >= 0.6 is 0 Å². The zero-order chi connectivity index (χ0) is 22.4. The van der Waals surface area contributed by atoms with Gasteiger partial charge in [-0.15, -0.1) is 0 Å². The molecule has 0 bridgehead atoms. The summed E-state index contributed by atoms with van der Waals surface area (Å²) < 4.78 is 43.0. The number of carbonyl (C=O) groups excluding carboxylic acids is 2. The summed E-state index contributed by atoms with van der Waals surface area (Å²) in [6.45, 7) is -0.0763. The molecule has 2 heterocycles. The molecular formula is C21H20N2O7S. The SMILES string of the molecule is COC(=O)c1cc(C(=O)OC)cc(S(=O)(=O)N(Cc2cccnc2)Cc2ccco2)c1. The zero-order valence-corrected chi connectivity index (χ0v) is 17.7. The van der Waals surface area contributed by atoms with E-state index < -0.39 is 22.0 Å².